The molecule has 0 saturated carbocycles. The predicted molar refractivity (Wildman–Crippen MR) is 158 cm³/mol. The van der Waals surface area contributed by atoms with Crippen LogP contribution in [0.5, 0.6) is 0 Å². The second kappa shape index (κ2) is 13.0. The lowest BCUT2D eigenvalue weighted by Gasteiger charge is -2.43. The number of hydrogen-bond acceptors (Lipinski definition) is 8. The highest BCUT2D eigenvalue weighted by atomic mass is 19.3. The molecule has 0 radical (unpaired) electrons. The van der Waals surface area contributed by atoms with Gasteiger partial charge in [0.05, 0.1) is 17.9 Å². The van der Waals surface area contributed by atoms with Gasteiger partial charge in [0.1, 0.15) is 5.84 Å². The number of fused-ring (bicyclic) bond motifs is 1. The van der Waals surface area contributed by atoms with Crippen molar-refractivity contribution in [3.63, 3.8) is 0 Å². The van der Waals surface area contributed by atoms with Gasteiger partial charge in [-0.1, -0.05) is 6.08 Å². The molecule has 0 aromatic rings. The van der Waals surface area contributed by atoms with Crippen molar-refractivity contribution in [2.24, 2.45) is 33.4 Å². The van der Waals surface area contributed by atoms with Crippen LogP contribution in [0.1, 0.15) is 51.9 Å². The third-order valence-electron chi connectivity index (χ3n) is 9.55. The monoisotopic (exact) mass is 572 g/mol. The lowest BCUT2D eigenvalue weighted by Crippen LogP contribution is -2.54. The maximum Gasteiger partial charge on any atom is 0.245 e. The van der Waals surface area contributed by atoms with Crippen LogP contribution in [0.4, 0.5) is 8.78 Å². The van der Waals surface area contributed by atoms with Crippen LogP contribution in [0.25, 0.3) is 0 Å². The molecule has 0 spiro atoms. The molecule has 1 amide bonds. The number of aliphatic imine (C=N–C) groups is 1. The quantitative estimate of drug-likeness (QED) is 0.455. The lowest BCUT2D eigenvalue weighted by molar-refractivity contribution is -0.131. The van der Waals surface area contributed by atoms with E-state index in [-0.39, 0.29) is 24.3 Å². The Balaban J connectivity index is 1.46. The van der Waals surface area contributed by atoms with Crippen LogP contribution in [-0.2, 0) is 4.79 Å². The molecule has 41 heavy (non-hydrogen) atoms. The Labute approximate surface area is 242 Å². The van der Waals surface area contributed by atoms with Gasteiger partial charge in [-0.3, -0.25) is 14.8 Å². The fourth-order valence-electron chi connectivity index (χ4n) is 7.41. The maximum atomic E-state index is 14.5. The van der Waals surface area contributed by atoms with Gasteiger partial charge < -0.3 is 26.2 Å². The van der Waals surface area contributed by atoms with Crippen molar-refractivity contribution in [2.75, 3.05) is 52.9 Å². The molecule has 0 aromatic heterocycles. The highest BCUT2D eigenvalue weighted by molar-refractivity contribution is 5.90. The molecule has 9 nitrogen and oxygen atoms in total. The van der Waals surface area contributed by atoms with Crippen molar-refractivity contribution in [3.05, 3.63) is 34.7 Å². The van der Waals surface area contributed by atoms with E-state index in [9.17, 15) is 13.6 Å². The van der Waals surface area contributed by atoms with Crippen molar-refractivity contribution >= 4 is 18.0 Å². The second-order valence-corrected chi connectivity index (χ2v) is 12.0. The van der Waals surface area contributed by atoms with Crippen LogP contribution in [-0.4, -0.2) is 109 Å². The van der Waals surface area contributed by atoms with Crippen LogP contribution < -0.4 is 11.5 Å². The number of carbonyl (C=O) groups is 1. The van der Waals surface area contributed by atoms with E-state index in [0.29, 0.717) is 30.3 Å². The number of carbonyl (C=O) groups excluding carboxylic acids is 1. The van der Waals surface area contributed by atoms with Gasteiger partial charge >= 0.3 is 0 Å². The summed E-state index contributed by atoms with van der Waals surface area (Å²) in [7, 11) is 1.62. The summed E-state index contributed by atoms with van der Waals surface area (Å²) in [6.07, 6.45) is 8.29. The molecule has 1 aliphatic carbocycles. The smallest absolute Gasteiger partial charge is 0.245 e. The average Bonchev–Trinajstić information content (AvgIpc) is 3.36. The summed E-state index contributed by atoms with van der Waals surface area (Å²) in [5, 5.41) is 7.67. The fraction of sp³-hybridized carbons (Fsp3) is 0.700. The first-order valence-electron chi connectivity index (χ1n) is 15.2. The Morgan fingerprint density at radius 1 is 1.22 bits per heavy atom. The lowest BCUT2D eigenvalue weighted by atomic mass is 9.79. The zero-order valence-electron chi connectivity index (χ0n) is 24.5. The summed E-state index contributed by atoms with van der Waals surface area (Å²) in [5.74, 6) is 0.133. The number of hydrazone groups is 1. The normalized spacial score (nSPS) is 28.4. The standard InChI is InChI=1S/C30H46F2N8O/c1-20(41)38-14-8-27-26(19-38)30(36-40(27)23-6-12-37(13-7-23)10-4-9-33)39-11-3-5-21-15-24(22(17-34)18-35-2)25(29(31)32)16-28(21)39/h15,17-18,23,25-27,29H,3-14,16,19,33-34H2,1-2H3. The summed E-state index contributed by atoms with van der Waals surface area (Å²) in [5.41, 5.74) is 14.7. The number of likely N-dealkylation sites (tertiary alicyclic amines) is 2. The molecule has 2 fully saturated rings. The molecule has 0 aromatic carbocycles. The summed E-state index contributed by atoms with van der Waals surface area (Å²) in [6, 6.07) is 0.564. The molecule has 226 valence electrons. The van der Waals surface area contributed by atoms with Crippen molar-refractivity contribution in [1.82, 2.24) is 19.7 Å². The highest BCUT2D eigenvalue weighted by Crippen LogP contribution is 2.44. The van der Waals surface area contributed by atoms with Crippen molar-refractivity contribution in [1.29, 1.82) is 0 Å². The van der Waals surface area contributed by atoms with E-state index in [1.807, 2.05) is 11.0 Å². The largest absolute Gasteiger partial charge is 0.404 e. The molecule has 4 heterocycles. The Hall–Kier alpha value is -2.79. The topological polar surface area (TPSA) is 107 Å². The summed E-state index contributed by atoms with van der Waals surface area (Å²) >= 11 is 0. The van der Waals surface area contributed by atoms with Crippen LogP contribution in [0, 0.1) is 11.8 Å². The molecule has 3 unspecified atom stereocenters. The van der Waals surface area contributed by atoms with E-state index in [0.717, 1.165) is 88.4 Å². The first kappa shape index (κ1) is 29.7. The zero-order chi connectivity index (χ0) is 29.1. The summed E-state index contributed by atoms with van der Waals surface area (Å²) < 4.78 is 29.0. The number of amides is 1. The van der Waals surface area contributed by atoms with Crippen molar-refractivity contribution in [3.8, 4) is 0 Å². The maximum absolute atomic E-state index is 14.5. The summed E-state index contributed by atoms with van der Waals surface area (Å²) in [6.45, 7) is 7.54. The first-order chi connectivity index (χ1) is 19.9. The van der Waals surface area contributed by atoms with E-state index in [2.05, 4.69) is 19.8 Å². The third-order valence-corrected chi connectivity index (χ3v) is 9.55. The van der Waals surface area contributed by atoms with Crippen LogP contribution in [0.15, 0.2) is 44.8 Å². The minimum atomic E-state index is -2.53. The average molecular weight is 573 g/mol. The minimum Gasteiger partial charge on any atom is -0.404 e. The minimum absolute atomic E-state index is 0.0665. The number of hydrogen-bond donors (Lipinski definition) is 2. The molecule has 0 bridgehead atoms. The van der Waals surface area contributed by atoms with Crippen LogP contribution in [0.2, 0.25) is 0 Å². The number of halogens is 2. The molecule has 3 atom stereocenters. The molecular formula is C30H46F2N8O. The molecular weight excluding hydrogens is 526 g/mol. The molecule has 5 aliphatic rings. The number of rotatable bonds is 7. The van der Waals surface area contributed by atoms with Gasteiger partial charge in [0.15, 0.2) is 0 Å². The Kier molecular flexibility index (Phi) is 9.43. The van der Waals surface area contributed by atoms with Gasteiger partial charge in [-0.2, -0.15) is 5.10 Å². The Morgan fingerprint density at radius 2 is 2.00 bits per heavy atom. The van der Waals surface area contributed by atoms with E-state index in [1.54, 1.807) is 20.2 Å². The SMILES string of the molecule is CN=CC(=CN)C1=CC2=C(CC1C(F)F)N(C1=NN(C3CCN(CCCN)CC3)C3CCN(C(C)=O)CC13)CCC2. The Bertz CT molecular complexity index is 1120. The first-order valence-corrected chi connectivity index (χ1v) is 15.2. The number of piperidine rings is 2. The number of alkyl halides is 2. The van der Waals surface area contributed by atoms with Gasteiger partial charge in [0.25, 0.3) is 0 Å². The van der Waals surface area contributed by atoms with Gasteiger partial charge in [0.2, 0.25) is 12.3 Å². The molecule has 4 aliphatic heterocycles. The number of nitrogens with two attached hydrogens (primary N) is 2. The van der Waals surface area contributed by atoms with Crippen molar-refractivity contribution in [2.45, 2.75) is 70.4 Å². The Morgan fingerprint density at radius 3 is 2.66 bits per heavy atom. The molecule has 2 saturated heterocycles. The van der Waals surface area contributed by atoms with Gasteiger partial charge in [-0.25, -0.2) is 8.78 Å². The third kappa shape index (κ3) is 6.07. The van der Waals surface area contributed by atoms with E-state index >= 15 is 0 Å². The van der Waals surface area contributed by atoms with Gasteiger partial charge in [-0.15, -0.1) is 0 Å². The molecule has 11 heteroatoms. The van der Waals surface area contributed by atoms with Gasteiger partial charge in [-0.05, 0) is 62.8 Å². The van der Waals surface area contributed by atoms with E-state index < -0.39 is 12.3 Å². The van der Waals surface area contributed by atoms with Crippen LogP contribution in [0.3, 0.4) is 0 Å². The number of amidine groups is 1. The summed E-state index contributed by atoms with van der Waals surface area (Å²) in [4.78, 5) is 23.1. The number of allylic oxidation sites excluding steroid dienone is 5. The number of nitrogens with zero attached hydrogens (tertiary/aromatic N) is 6. The van der Waals surface area contributed by atoms with E-state index in [4.69, 9.17) is 16.6 Å². The van der Waals surface area contributed by atoms with Crippen LogP contribution >= 0.6 is 0 Å². The fourth-order valence-corrected chi connectivity index (χ4v) is 7.41. The second-order valence-electron chi connectivity index (χ2n) is 12.0. The van der Waals surface area contributed by atoms with Gasteiger partial charge in [0, 0.05) is 82.8 Å². The predicted octanol–water partition coefficient (Wildman–Crippen LogP) is 2.77. The zero-order valence-corrected chi connectivity index (χ0v) is 24.5. The van der Waals surface area contributed by atoms with Crippen molar-refractivity contribution < 1.29 is 13.6 Å². The molecule has 4 N–H and O–H groups in total. The highest BCUT2D eigenvalue weighted by Gasteiger charge is 2.48. The molecule has 5 rings (SSSR count). The van der Waals surface area contributed by atoms with E-state index in [1.165, 1.54) is 6.20 Å².